The minimum absolute atomic E-state index is 0.189. The Morgan fingerprint density at radius 1 is 1.69 bits per heavy atom. The molecule has 13 heavy (non-hydrogen) atoms. The highest BCUT2D eigenvalue weighted by Crippen LogP contribution is 1.95. The predicted molar refractivity (Wildman–Crippen MR) is 48.9 cm³/mol. The molecule has 0 aliphatic heterocycles. The maximum Gasteiger partial charge on any atom is 0.306 e. The van der Waals surface area contributed by atoms with Gasteiger partial charge in [-0.25, -0.2) is 0 Å². The fraction of sp³-hybridized carbons (Fsp3) is 0.778. The molecule has 0 radical (unpaired) electrons. The van der Waals surface area contributed by atoms with Gasteiger partial charge in [0.15, 0.2) is 0 Å². The summed E-state index contributed by atoms with van der Waals surface area (Å²) in [5.74, 6) is -0.223. The monoisotopic (exact) mass is 184 g/mol. The number of methoxy groups -OCH3 is 1. The number of hydrogen-bond donors (Lipinski definition) is 1. The summed E-state index contributed by atoms with van der Waals surface area (Å²) in [6.07, 6.45) is 1.74. The summed E-state index contributed by atoms with van der Waals surface area (Å²) in [6.45, 7) is 2.58. The van der Waals surface area contributed by atoms with Crippen molar-refractivity contribution >= 4 is 5.97 Å². The molecule has 0 aromatic heterocycles. The van der Waals surface area contributed by atoms with Crippen LogP contribution in [-0.2, 0) is 9.53 Å². The van der Waals surface area contributed by atoms with E-state index in [1.54, 1.807) is 0 Å². The van der Waals surface area contributed by atoms with Crippen LogP contribution in [0.15, 0.2) is 0 Å². The lowest BCUT2D eigenvalue weighted by Crippen LogP contribution is -2.30. The number of rotatable bonds is 6. The first kappa shape index (κ1) is 11.9. The summed E-state index contributed by atoms with van der Waals surface area (Å²) >= 11 is 0. The van der Waals surface area contributed by atoms with E-state index in [0.717, 1.165) is 6.42 Å². The number of ether oxygens (including phenoxy) is 1. The van der Waals surface area contributed by atoms with E-state index in [1.165, 1.54) is 7.11 Å². The largest absolute Gasteiger partial charge is 0.469 e. The molecule has 0 aromatic carbocycles. The Balaban J connectivity index is 3.50. The van der Waals surface area contributed by atoms with Crippen LogP contribution in [0.1, 0.15) is 26.2 Å². The number of carbonyl (C=O) groups excluding carboxylic acids is 1. The molecule has 0 heterocycles. The van der Waals surface area contributed by atoms with E-state index in [1.807, 2.05) is 6.92 Å². The van der Waals surface area contributed by atoms with Crippen LogP contribution in [0, 0.1) is 11.3 Å². The third kappa shape index (κ3) is 6.12. The van der Waals surface area contributed by atoms with Crippen molar-refractivity contribution in [3.63, 3.8) is 0 Å². The lowest BCUT2D eigenvalue weighted by atomic mass is 10.1. The molecule has 0 saturated carbocycles. The first-order valence-electron chi connectivity index (χ1n) is 4.41. The highest BCUT2D eigenvalue weighted by atomic mass is 16.5. The highest BCUT2D eigenvalue weighted by Gasteiger charge is 2.05. The van der Waals surface area contributed by atoms with Gasteiger partial charge < -0.3 is 10.1 Å². The topological polar surface area (TPSA) is 62.1 Å². The molecule has 74 valence electrons. The zero-order valence-electron chi connectivity index (χ0n) is 8.17. The molecule has 0 fully saturated rings. The summed E-state index contributed by atoms with van der Waals surface area (Å²) in [5.41, 5.74) is 0. The van der Waals surface area contributed by atoms with Gasteiger partial charge in [-0.1, -0.05) is 6.92 Å². The number of hydrogen-bond acceptors (Lipinski definition) is 4. The SMILES string of the molecule is CCC(CC#N)NCCC(=O)OC. The molecule has 4 nitrogen and oxygen atoms in total. The molecule has 1 atom stereocenters. The summed E-state index contributed by atoms with van der Waals surface area (Å²) in [7, 11) is 1.37. The fourth-order valence-electron chi connectivity index (χ4n) is 0.951. The van der Waals surface area contributed by atoms with Crippen LogP contribution < -0.4 is 5.32 Å². The van der Waals surface area contributed by atoms with E-state index in [4.69, 9.17) is 5.26 Å². The molecule has 1 N–H and O–H groups in total. The highest BCUT2D eigenvalue weighted by molar-refractivity contribution is 5.69. The second kappa shape index (κ2) is 7.56. The number of nitrogens with one attached hydrogen (secondary N) is 1. The molecule has 0 rings (SSSR count). The van der Waals surface area contributed by atoms with E-state index in [2.05, 4.69) is 16.1 Å². The van der Waals surface area contributed by atoms with Gasteiger partial charge in [0, 0.05) is 12.6 Å². The van der Waals surface area contributed by atoms with Crippen molar-refractivity contribution in [1.29, 1.82) is 5.26 Å². The van der Waals surface area contributed by atoms with E-state index in [0.29, 0.717) is 19.4 Å². The quantitative estimate of drug-likeness (QED) is 0.621. The van der Waals surface area contributed by atoms with Gasteiger partial charge in [0.2, 0.25) is 0 Å². The van der Waals surface area contributed by atoms with Gasteiger partial charge in [0.05, 0.1) is 26.0 Å². The maximum atomic E-state index is 10.7. The molecule has 1 unspecified atom stereocenters. The molecule has 0 saturated heterocycles. The minimum Gasteiger partial charge on any atom is -0.469 e. The van der Waals surface area contributed by atoms with E-state index >= 15 is 0 Å². The molecular formula is C9H16N2O2. The van der Waals surface area contributed by atoms with Crippen molar-refractivity contribution in [3.8, 4) is 6.07 Å². The average molecular weight is 184 g/mol. The van der Waals surface area contributed by atoms with Crippen molar-refractivity contribution < 1.29 is 9.53 Å². The van der Waals surface area contributed by atoms with Gasteiger partial charge in [-0.3, -0.25) is 4.79 Å². The predicted octanol–water partition coefficient (Wildman–Crippen LogP) is 0.831. The van der Waals surface area contributed by atoms with E-state index < -0.39 is 0 Å². The van der Waals surface area contributed by atoms with Gasteiger partial charge in [-0.05, 0) is 6.42 Å². The van der Waals surface area contributed by atoms with Crippen molar-refractivity contribution in [3.05, 3.63) is 0 Å². The molecule has 0 bridgehead atoms. The van der Waals surface area contributed by atoms with E-state index in [-0.39, 0.29) is 12.0 Å². The fourth-order valence-corrected chi connectivity index (χ4v) is 0.951. The smallest absolute Gasteiger partial charge is 0.306 e. The van der Waals surface area contributed by atoms with Crippen LogP contribution in [0.25, 0.3) is 0 Å². The van der Waals surface area contributed by atoms with Gasteiger partial charge >= 0.3 is 5.97 Å². The molecule has 0 aliphatic rings. The second-order valence-corrected chi connectivity index (χ2v) is 2.75. The van der Waals surface area contributed by atoms with Crippen LogP contribution in [0.5, 0.6) is 0 Å². The van der Waals surface area contributed by atoms with Gasteiger partial charge in [0.25, 0.3) is 0 Å². The molecule has 0 aliphatic carbocycles. The molecule has 0 spiro atoms. The first-order chi connectivity index (χ1) is 6.24. The third-order valence-electron chi connectivity index (χ3n) is 1.82. The van der Waals surface area contributed by atoms with Gasteiger partial charge in [0.1, 0.15) is 0 Å². The molecule has 4 heteroatoms. The number of nitriles is 1. The average Bonchev–Trinajstić information content (AvgIpc) is 2.16. The van der Waals surface area contributed by atoms with Crippen LogP contribution >= 0.6 is 0 Å². The summed E-state index contributed by atoms with van der Waals surface area (Å²) in [6, 6.07) is 2.28. The summed E-state index contributed by atoms with van der Waals surface area (Å²) in [4.78, 5) is 10.7. The minimum atomic E-state index is -0.223. The normalized spacial score (nSPS) is 11.8. The number of nitrogens with zero attached hydrogens (tertiary/aromatic N) is 1. The second-order valence-electron chi connectivity index (χ2n) is 2.75. The Kier molecular flexibility index (Phi) is 6.93. The Morgan fingerprint density at radius 2 is 2.38 bits per heavy atom. The van der Waals surface area contributed by atoms with Crippen molar-refractivity contribution in [2.75, 3.05) is 13.7 Å². The van der Waals surface area contributed by atoms with Crippen molar-refractivity contribution in [2.45, 2.75) is 32.2 Å². The van der Waals surface area contributed by atoms with Crippen LogP contribution in [0.2, 0.25) is 0 Å². The molecule has 0 amide bonds. The lowest BCUT2D eigenvalue weighted by Gasteiger charge is -2.12. The zero-order chi connectivity index (χ0) is 10.1. The lowest BCUT2D eigenvalue weighted by molar-refractivity contribution is -0.140. The summed E-state index contributed by atoms with van der Waals surface area (Å²) < 4.78 is 4.48. The number of carbonyl (C=O) groups is 1. The van der Waals surface area contributed by atoms with Crippen LogP contribution in [0.3, 0.4) is 0 Å². The Hall–Kier alpha value is -1.08. The molecule has 0 aromatic rings. The first-order valence-corrected chi connectivity index (χ1v) is 4.41. The zero-order valence-corrected chi connectivity index (χ0v) is 8.17. The Morgan fingerprint density at radius 3 is 2.85 bits per heavy atom. The van der Waals surface area contributed by atoms with Gasteiger partial charge in [-0.15, -0.1) is 0 Å². The molecular weight excluding hydrogens is 168 g/mol. The third-order valence-corrected chi connectivity index (χ3v) is 1.82. The van der Waals surface area contributed by atoms with Crippen LogP contribution in [0.4, 0.5) is 0 Å². The van der Waals surface area contributed by atoms with Crippen molar-refractivity contribution in [1.82, 2.24) is 5.32 Å². The van der Waals surface area contributed by atoms with E-state index in [9.17, 15) is 4.79 Å². The number of esters is 1. The summed E-state index contributed by atoms with van der Waals surface area (Å²) in [5, 5.41) is 11.6. The standard InChI is InChI=1S/C9H16N2O2/c1-3-8(4-6-10)11-7-5-9(12)13-2/h8,11H,3-5,7H2,1-2H3. The van der Waals surface area contributed by atoms with Crippen LogP contribution in [-0.4, -0.2) is 25.7 Å². The Labute approximate surface area is 78.9 Å². The maximum absolute atomic E-state index is 10.7. The van der Waals surface area contributed by atoms with Gasteiger partial charge in [-0.2, -0.15) is 5.26 Å². The Bertz CT molecular complexity index is 187. The van der Waals surface area contributed by atoms with Crippen molar-refractivity contribution in [2.24, 2.45) is 0 Å².